The second-order valence-electron chi connectivity index (χ2n) is 6.83. The highest BCUT2D eigenvalue weighted by atomic mass is 32.2. The maximum Gasteiger partial charge on any atom is 0.232 e. The van der Waals surface area contributed by atoms with Crippen LogP contribution in [0.4, 0.5) is 0 Å². The van der Waals surface area contributed by atoms with Crippen LogP contribution in [0.3, 0.4) is 0 Å². The van der Waals surface area contributed by atoms with Crippen molar-refractivity contribution < 1.29 is 4.79 Å². The Hall–Kier alpha value is -2.79. The minimum atomic E-state index is 0.123. The van der Waals surface area contributed by atoms with Crippen molar-refractivity contribution >= 4 is 39.5 Å². The van der Waals surface area contributed by atoms with Gasteiger partial charge in [-0.15, -0.1) is 11.8 Å². The van der Waals surface area contributed by atoms with Crippen LogP contribution in [0.5, 0.6) is 0 Å². The van der Waals surface area contributed by atoms with E-state index in [1.54, 1.807) is 29.1 Å². The van der Waals surface area contributed by atoms with Gasteiger partial charge >= 0.3 is 0 Å². The summed E-state index contributed by atoms with van der Waals surface area (Å²) in [6.45, 7) is 3.72. The number of hydrogen-bond donors (Lipinski definition) is 0. The van der Waals surface area contributed by atoms with E-state index in [-0.39, 0.29) is 5.91 Å². The van der Waals surface area contributed by atoms with Crippen LogP contribution in [0, 0.1) is 0 Å². The molecular weight excluding hydrogens is 366 g/mol. The van der Waals surface area contributed by atoms with E-state index >= 15 is 0 Å². The Balaban J connectivity index is 1.53. The van der Waals surface area contributed by atoms with Gasteiger partial charge in [0.25, 0.3) is 0 Å². The van der Waals surface area contributed by atoms with Crippen LogP contribution in [0.2, 0.25) is 0 Å². The molecule has 0 bridgehead atoms. The van der Waals surface area contributed by atoms with E-state index < -0.39 is 0 Å². The topological polar surface area (TPSA) is 38.1 Å². The normalized spacial score (nSPS) is 11.2. The lowest BCUT2D eigenvalue weighted by atomic mass is 10.1. The summed E-state index contributed by atoms with van der Waals surface area (Å²) in [6.07, 6.45) is 3.50. The van der Waals surface area contributed by atoms with Crippen molar-refractivity contribution in [2.75, 3.05) is 12.8 Å². The molecule has 0 atom stereocenters. The third-order valence-corrected chi connectivity index (χ3v) is 6.01. The first-order chi connectivity index (χ1) is 13.7. The fourth-order valence-corrected chi connectivity index (χ4v) is 4.42. The van der Waals surface area contributed by atoms with Gasteiger partial charge in [0.15, 0.2) is 0 Å². The molecule has 0 aliphatic carbocycles. The number of benzene rings is 2. The Bertz CT molecular complexity index is 1120. The zero-order valence-corrected chi connectivity index (χ0v) is 16.9. The summed E-state index contributed by atoms with van der Waals surface area (Å²) in [5.41, 5.74) is 3.65. The van der Waals surface area contributed by atoms with E-state index in [4.69, 9.17) is 0 Å². The number of aromatic nitrogens is 2. The number of carbonyl (C=O) groups is 1. The number of pyridine rings is 1. The predicted octanol–water partition coefficient (Wildman–Crippen LogP) is 4.96. The Morgan fingerprint density at radius 2 is 1.79 bits per heavy atom. The average molecular weight is 390 g/mol. The second-order valence-corrected chi connectivity index (χ2v) is 7.88. The quantitative estimate of drug-likeness (QED) is 0.438. The van der Waals surface area contributed by atoms with Gasteiger partial charge in [0.2, 0.25) is 5.91 Å². The highest BCUT2D eigenvalue weighted by Crippen LogP contribution is 2.30. The molecule has 0 N–H and O–H groups in total. The van der Waals surface area contributed by atoms with Crippen LogP contribution < -0.4 is 0 Å². The van der Waals surface area contributed by atoms with Crippen LogP contribution in [-0.2, 0) is 17.9 Å². The number of para-hydroxylation sites is 1. The molecule has 0 spiro atoms. The Labute approximate surface area is 169 Å². The lowest BCUT2D eigenvalue weighted by molar-refractivity contribution is -0.127. The van der Waals surface area contributed by atoms with E-state index in [9.17, 15) is 4.79 Å². The Morgan fingerprint density at radius 3 is 2.57 bits per heavy atom. The van der Waals surface area contributed by atoms with E-state index in [1.165, 1.54) is 21.8 Å². The monoisotopic (exact) mass is 389 g/mol. The molecule has 0 unspecified atom stereocenters. The standard InChI is InChI=1S/C23H23N3OS/c1-3-26-21-7-5-4-6-19(21)20-14-17(8-9-22(20)26)15-25(2)23(27)16-28-18-10-12-24-13-11-18/h4-14H,3,15-16H2,1-2H3. The van der Waals surface area contributed by atoms with Crippen molar-refractivity contribution in [2.45, 2.75) is 24.9 Å². The number of nitrogens with zero attached hydrogens (tertiary/aromatic N) is 3. The molecule has 4 aromatic rings. The molecule has 5 heteroatoms. The molecule has 0 saturated heterocycles. The molecule has 0 aliphatic heterocycles. The summed E-state index contributed by atoms with van der Waals surface area (Å²) < 4.78 is 2.34. The maximum atomic E-state index is 12.5. The summed E-state index contributed by atoms with van der Waals surface area (Å²) in [4.78, 5) is 19.4. The molecule has 2 aromatic heterocycles. The number of amides is 1. The van der Waals surface area contributed by atoms with Crippen LogP contribution in [0.15, 0.2) is 71.9 Å². The zero-order valence-electron chi connectivity index (χ0n) is 16.1. The molecule has 28 heavy (non-hydrogen) atoms. The van der Waals surface area contributed by atoms with Crippen LogP contribution >= 0.6 is 11.8 Å². The number of rotatable bonds is 6. The molecule has 2 heterocycles. The summed E-state index contributed by atoms with van der Waals surface area (Å²) in [5.74, 6) is 0.552. The highest BCUT2D eigenvalue weighted by molar-refractivity contribution is 8.00. The Kier molecular flexibility index (Phi) is 5.35. The van der Waals surface area contributed by atoms with E-state index in [0.29, 0.717) is 12.3 Å². The van der Waals surface area contributed by atoms with Crippen molar-refractivity contribution in [1.82, 2.24) is 14.5 Å². The van der Waals surface area contributed by atoms with Crippen LogP contribution in [0.1, 0.15) is 12.5 Å². The van der Waals surface area contributed by atoms with Crippen molar-refractivity contribution in [3.63, 3.8) is 0 Å². The van der Waals surface area contributed by atoms with Gasteiger partial charge in [-0.3, -0.25) is 9.78 Å². The molecule has 0 aliphatic rings. The first-order valence-corrected chi connectivity index (χ1v) is 10.4. The number of aryl methyl sites for hydroxylation is 1. The van der Waals surface area contributed by atoms with E-state index in [2.05, 4.69) is 58.9 Å². The van der Waals surface area contributed by atoms with Crippen molar-refractivity contribution in [2.24, 2.45) is 0 Å². The van der Waals surface area contributed by atoms with Gasteiger partial charge < -0.3 is 9.47 Å². The molecule has 2 aromatic carbocycles. The predicted molar refractivity (Wildman–Crippen MR) is 117 cm³/mol. The van der Waals surface area contributed by atoms with Crippen molar-refractivity contribution in [3.8, 4) is 0 Å². The van der Waals surface area contributed by atoms with Crippen molar-refractivity contribution in [1.29, 1.82) is 0 Å². The third kappa shape index (κ3) is 3.62. The van der Waals surface area contributed by atoms with Gasteiger partial charge in [0.1, 0.15) is 0 Å². The SMILES string of the molecule is CCn1c2ccccc2c2cc(CN(C)C(=O)CSc3ccncc3)ccc21. The fourth-order valence-electron chi connectivity index (χ4n) is 3.59. The summed E-state index contributed by atoms with van der Waals surface area (Å²) in [7, 11) is 1.87. The van der Waals surface area contributed by atoms with Crippen LogP contribution in [-0.4, -0.2) is 33.2 Å². The van der Waals surface area contributed by atoms with Gasteiger partial charge in [0.05, 0.1) is 5.75 Å². The van der Waals surface area contributed by atoms with E-state index in [0.717, 1.165) is 17.0 Å². The Morgan fingerprint density at radius 1 is 1.04 bits per heavy atom. The lowest BCUT2D eigenvalue weighted by Gasteiger charge is -2.17. The summed E-state index contributed by atoms with van der Waals surface area (Å²) >= 11 is 1.54. The third-order valence-electron chi connectivity index (χ3n) is 5.01. The van der Waals surface area contributed by atoms with Gasteiger partial charge in [-0.2, -0.15) is 0 Å². The first-order valence-electron chi connectivity index (χ1n) is 9.44. The molecule has 4 nitrogen and oxygen atoms in total. The van der Waals surface area contributed by atoms with Crippen molar-refractivity contribution in [3.05, 3.63) is 72.6 Å². The maximum absolute atomic E-state index is 12.5. The zero-order chi connectivity index (χ0) is 19.5. The highest BCUT2D eigenvalue weighted by Gasteiger charge is 2.13. The van der Waals surface area contributed by atoms with Gasteiger partial charge in [-0.1, -0.05) is 24.3 Å². The summed E-state index contributed by atoms with van der Waals surface area (Å²) in [6, 6.07) is 18.9. The second kappa shape index (κ2) is 8.07. The molecular formula is C23H23N3OS. The molecule has 0 radical (unpaired) electrons. The average Bonchev–Trinajstić information content (AvgIpc) is 3.05. The lowest BCUT2D eigenvalue weighted by Crippen LogP contribution is -2.27. The largest absolute Gasteiger partial charge is 0.341 e. The summed E-state index contributed by atoms with van der Waals surface area (Å²) in [5, 5.41) is 2.52. The molecule has 0 saturated carbocycles. The minimum Gasteiger partial charge on any atom is -0.341 e. The number of thioether (sulfide) groups is 1. The number of hydrogen-bond acceptors (Lipinski definition) is 3. The smallest absolute Gasteiger partial charge is 0.232 e. The first kappa shape index (κ1) is 18.6. The number of carbonyl (C=O) groups excluding carboxylic acids is 1. The van der Waals surface area contributed by atoms with Crippen LogP contribution in [0.25, 0.3) is 21.8 Å². The van der Waals surface area contributed by atoms with Gasteiger partial charge in [-0.25, -0.2) is 0 Å². The molecule has 1 amide bonds. The molecule has 0 fully saturated rings. The van der Waals surface area contributed by atoms with E-state index in [1.807, 2.05) is 19.2 Å². The number of fused-ring (bicyclic) bond motifs is 3. The fraction of sp³-hybridized carbons (Fsp3) is 0.217. The minimum absolute atomic E-state index is 0.123. The molecule has 4 rings (SSSR count). The molecule has 142 valence electrons. The van der Waals surface area contributed by atoms with Gasteiger partial charge in [-0.05, 0) is 42.8 Å². The van der Waals surface area contributed by atoms with Gasteiger partial charge in [0, 0.05) is 59.2 Å².